The molecule has 226 valence electrons. The number of aromatic nitrogens is 10. The van der Waals surface area contributed by atoms with Gasteiger partial charge in [0.15, 0.2) is 22.9 Å². The quantitative estimate of drug-likeness (QED) is 0.205. The summed E-state index contributed by atoms with van der Waals surface area (Å²) in [5.41, 5.74) is 8.53. The molecule has 8 aromatic rings. The summed E-state index contributed by atoms with van der Waals surface area (Å²) < 4.78 is 3.57. The highest BCUT2D eigenvalue weighted by Crippen LogP contribution is 2.19. The van der Waals surface area contributed by atoms with E-state index in [4.69, 9.17) is 0 Å². The van der Waals surface area contributed by atoms with E-state index in [9.17, 15) is 0 Å². The van der Waals surface area contributed by atoms with E-state index in [1.807, 2.05) is 55.6 Å². The van der Waals surface area contributed by atoms with Crippen molar-refractivity contribution in [3.8, 4) is 0 Å². The fraction of sp³-hybridized carbons (Fsp3) is 0.111. The Hall–Kier alpha value is -6.16. The molecule has 2 aromatic carbocycles. The van der Waals surface area contributed by atoms with Crippen LogP contribution in [0.25, 0.3) is 45.3 Å². The molecule has 0 saturated carbocycles. The number of rotatable bonds is 6. The van der Waals surface area contributed by atoms with Crippen LogP contribution >= 0.6 is 0 Å². The average molecular weight is 605 g/mol. The Labute approximate surface area is 265 Å². The first-order valence-corrected chi connectivity index (χ1v) is 14.4. The summed E-state index contributed by atoms with van der Waals surface area (Å²) in [5.74, 6) is 1.64. The van der Waals surface area contributed by atoms with Gasteiger partial charge in [0.1, 0.15) is 0 Å². The van der Waals surface area contributed by atoms with Gasteiger partial charge in [0, 0.05) is 36.0 Å². The molecule has 6 heterocycles. The minimum Gasteiger partial charge on any atom is -0.256 e. The van der Waals surface area contributed by atoms with Gasteiger partial charge in [-0.3, -0.25) is 9.97 Å². The normalized spacial score (nSPS) is 10.9. The van der Waals surface area contributed by atoms with Crippen LogP contribution < -0.4 is 0 Å². The zero-order valence-corrected chi connectivity index (χ0v) is 24.6. The zero-order chi connectivity index (χ0) is 30.8. The first-order chi connectivity index (χ1) is 22.1. The third kappa shape index (κ3) is 6.09. The van der Waals surface area contributed by atoms with Gasteiger partial charge in [0.05, 0.1) is 22.4 Å². The second kappa shape index (κ2) is 12.8. The van der Waals surface area contributed by atoms with Crippen LogP contribution in [0, 0.1) is 6.92 Å². The van der Waals surface area contributed by atoms with Crippen molar-refractivity contribution in [2.24, 2.45) is 0 Å². The Morgan fingerprint density at radius 1 is 0.652 bits per heavy atom. The van der Waals surface area contributed by atoms with Gasteiger partial charge >= 0.3 is 0 Å². The van der Waals surface area contributed by atoms with Crippen molar-refractivity contribution in [1.82, 2.24) is 49.6 Å². The number of fused-ring (bicyclic) bond motifs is 4. The van der Waals surface area contributed by atoms with Crippen molar-refractivity contribution >= 4 is 45.3 Å². The summed E-state index contributed by atoms with van der Waals surface area (Å²) in [7, 11) is 0. The van der Waals surface area contributed by atoms with Crippen LogP contribution in [0.15, 0.2) is 104 Å². The van der Waals surface area contributed by atoms with E-state index in [0.29, 0.717) is 12.8 Å². The molecule has 0 aliphatic rings. The molecule has 8 rings (SSSR count). The number of hydrogen-bond donors (Lipinski definition) is 0. The molecule has 0 fully saturated rings. The molecule has 0 spiro atoms. The lowest BCUT2D eigenvalue weighted by Crippen LogP contribution is -2.01. The lowest BCUT2D eigenvalue weighted by molar-refractivity contribution is 0.821. The number of aryl methyl sites for hydroxylation is 1. The second-order valence-corrected chi connectivity index (χ2v) is 10.6. The molecule has 10 heteroatoms. The Kier molecular flexibility index (Phi) is 8.34. The van der Waals surface area contributed by atoms with Gasteiger partial charge in [0.2, 0.25) is 0 Å². The Bertz CT molecular complexity index is 2350. The molecule has 10 nitrogen and oxygen atoms in total. The van der Waals surface area contributed by atoms with Crippen molar-refractivity contribution in [3.63, 3.8) is 0 Å². The predicted molar refractivity (Wildman–Crippen MR) is 182 cm³/mol. The molecule has 6 aromatic heterocycles. The molecule has 0 radical (unpaired) electrons. The molecule has 0 bridgehead atoms. The van der Waals surface area contributed by atoms with Crippen LogP contribution in [0.1, 0.15) is 47.2 Å². The maximum atomic E-state index is 4.49. The van der Waals surface area contributed by atoms with Crippen LogP contribution in [-0.2, 0) is 12.8 Å². The second-order valence-electron chi connectivity index (χ2n) is 10.6. The van der Waals surface area contributed by atoms with E-state index in [1.165, 1.54) is 0 Å². The summed E-state index contributed by atoms with van der Waals surface area (Å²) in [6.45, 7) is 9.50. The van der Waals surface area contributed by atoms with Gasteiger partial charge in [-0.2, -0.15) is 19.2 Å². The minimum absolute atomic E-state index is 0. The molecular formula is C36H32N10. The molecule has 0 atom stereocenters. The van der Waals surface area contributed by atoms with E-state index in [0.717, 1.165) is 72.8 Å². The van der Waals surface area contributed by atoms with E-state index in [2.05, 4.69) is 90.1 Å². The highest BCUT2D eigenvalue weighted by molar-refractivity contribution is 5.81. The van der Waals surface area contributed by atoms with Crippen LogP contribution in [0.5, 0.6) is 0 Å². The fourth-order valence-corrected chi connectivity index (χ4v) is 5.12. The lowest BCUT2D eigenvalue weighted by atomic mass is 10.1. The summed E-state index contributed by atoms with van der Waals surface area (Å²) in [4.78, 5) is 8.77. The molecule has 0 aliphatic heterocycles. The van der Waals surface area contributed by atoms with Crippen LogP contribution in [-0.4, -0.2) is 49.6 Å². The van der Waals surface area contributed by atoms with Gasteiger partial charge < -0.3 is 0 Å². The van der Waals surface area contributed by atoms with Crippen LogP contribution in [0.4, 0.5) is 0 Å². The fourth-order valence-electron chi connectivity index (χ4n) is 5.12. The number of pyridine rings is 2. The Morgan fingerprint density at radius 3 is 2.00 bits per heavy atom. The molecule has 0 N–H and O–H groups in total. The molecule has 46 heavy (non-hydrogen) atoms. The summed E-state index contributed by atoms with van der Waals surface area (Å²) >= 11 is 0. The highest BCUT2D eigenvalue weighted by atomic mass is 15.4. The Balaban J connectivity index is 0.000000158. The topological polar surface area (TPSA) is 112 Å². The van der Waals surface area contributed by atoms with E-state index in [-0.39, 0.29) is 7.43 Å². The zero-order valence-electron chi connectivity index (χ0n) is 24.6. The predicted octanol–water partition coefficient (Wildman–Crippen LogP) is 6.76. The van der Waals surface area contributed by atoms with Gasteiger partial charge in [-0.25, -0.2) is 0 Å². The smallest absolute Gasteiger partial charge is 0.177 e. The van der Waals surface area contributed by atoms with Crippen molar-refractivity contribution in [3.05, 3.63) is 144 Å². The molecule has 0 amide bonds. The van der Waals surface area contributed by atoms with Crippen LogP contribution in [0.3, 0.4) is 0 Å². The lowest BCUT2D eigenvalue weighted by Gasteiger charge is -2.04. The highest BCUT2D eigenvalue weighted by Gasteiger charge is 2.10. The van der Waals surface area contributed by atoms with Crippen molar-refractivity contribution < 1.29 is 0 Å². The molecule has 0 unspecified atom stereocenters. The first kappa shape index (κ1) is 29.9. The van der Waals surface area contributed by atoms with Gasteiger partial charge in [-0.05, 0) is 90.4 Å². The maximum absolute atomic E-state index is 4.49. The summed E-state index contributed by atoms with van der Waals surface area (Å²) in [6.07, 6.45) is 8.48. The van der Waals surface area contributed by atoms with Crippen LogP contribution in [0.2, 0.25) is 0 Å². The molecule has 0 saturated heterocycles. The SMILES string of the molecule is C.C=Cc1ccc2nnc(Cc3ccc4ncccc4c3)n2n1.C=Cc1cnc2ccc(Cc3nnc4ccc(C)nn34)cc2c1. The number of nitrogens with zero attached hydrogens (tertiary/aromatic N) is 10. The van der Waals surface area contributed by atoms with E-state index < -0.39 is 0 Å². The van der Waals surface area contributed by atoms with Gasteiger partial charge in [-0.15, -0.1) is 20.4 Å². The third-order valence-electron chi connectivity index (χ3n) is 7.41. The van der Waals surface area contributed by atoms with Crippen molar-refractivity contribution in [2.45, 2.75) is 27.2 Å². The third-order valence-corrected chi connectivity index (χ3v) is 7.41. The van der Waals surface area contributed by atoms with Crippen molar-refractivity contribution in [2.75, 3.05) is 0 Å². The van der Waals surface area contributed by atoms with E-state index >= 15 is 0 Å². The average Bonchev–Trinajstić information content (AvgIpc) is 3.67. The molecule has 0 aliphatic carbocycles. The number of hydrogen-bond acceptors (Lipinski definition) is 8. The summed E-state index contributed by atoms with van der Waals surface area (Å²) in [6, 6.07) is 26.2. The first-order valence-electron chi connectivity index (χ1n) is 14.4. The summed E-state index contributed by atoms with van der Waals surface area (Å²) in [5, 5.41) is 28.0. The number of benzene rings is 2. The minimum atomic E-state index is 0. The standard InChI is InChI=1S/C18H15N5.C17H13N5.CH4/c1-3-13-8-15-9-14(5-6-16(15)19-11-13)10-18-21-20-17-7-4-12(2)22-23(17)18;1-2-14-6-8-16-19-20-17(22(16)21-14)11-12-5-7-15-13(10-12)4-3-9-18-15;/h3-9,11H,1,10H2,2H3;2-10H,1,11H2;1H4. The van der Waals surface area contributed by atoms with E-state index in [1.54, 1.807) is 27.4 Å². The van der Waals surface area contributed by atoms with Gasteiger partial charge in [0.25, 0.3) is 0 Å². The van der Waals surface area contributed by atoms with Crippen molar-refractivity contribution in [1.29, 1.82) is 0 Å². The monoisotopic (exact) mass is 604 g/mol. The Morgan fingerprint density at radius 2 is 1.30 bits per heavy atom. The molecular weight excluding hydrogens is 572 g/mol. The largest absolute Gasteiger partial charge is 0.256 e. The maximum Gasteiger partial charge on any atom is 0.177 e. The van der Waals surface area contributed by atoms with Gasteiger partial charge in [-0.1, -0.05) is 44.9 Å².